The molecule has 11 nitrogen and oxygen atoms in total. The van der Waals surface area contributed by atoms with Crippen molar-refractivity contribution in [1.29, 1.82) is 0 Å². The first kappa shape index (κ1) is 33.5. The van der Waals surface area contributed by atoms with Crippen molar-refractivity contribution in [3.63, 3.8) is 0 Å². The monoisotopic (exact) mass is 572 g/mol. The first-order valence-electron chi connectivity index (χ1n) is 14.2. The summed E-state index contributed by atoms with van der Waals surface area (Å²) >= 11 is 0. The Morgan fingerprint density at radius 1 is 1.17 bits per heavy atom. The first-order chi connectivity index (χ1) is 19.7. The van der Waals surface area contributed by atoms with Gasteiger partial charge in [-0.1, -0.05) is 31.6 Å². The maximum atomic E-state index is 13.0. The van der Waals surface area contributed by atoms with Gasteiger partial charge in [0.05, 0.1) is 31.7 Å². The van der Waals surface area contributed by atoms with Crippen LogP contribution in [0.3, 0.4) is 0 Å². The van der Waals surface area contributed by atoms with Crippen molar-refractivity contribution in [3.05, 3.63) is 42.5 Å². The predicted molar refractivity (Wildman–Crippen MR) is 154 cm³/mol. The van der Waals surface area contributed by atoms with E-state index in [0.717, 1.165) is 18.4 Å². The van der Waals surface area contributed by atoms with Crippen molar-refractivity contribution < 1.29 is 33.4 Å². The summed E-state index contributed by atoms with van der Waals surface area (Å²) in [6, 6.07) is 5.50. The van der Waals surface area contributed by atoms with E-state index < -0.39 is 29.7 Å². The standard InChI is InChI=1S/C30H44N4O7/c1-5-10-24(28(37)30(39)31-15-6-2)33-29(38)25-14-8-16-34(25)27(36)20-32-26(35)19-22-12-7-13-23(18-22)41-17-9-11-21(3)40-4/h6-7,12-13,18,21,24-25H,2,5,8-11,14-17,19-20H2,1,3-4H3,(H,31,39)(H,32,35)(H,33,38). The van der Waals surface area contributed by atoms with Crippen molar-refractivity contribution in [2.24, 2.45) is 0 Å². The van der Waals surface area contributed by atoms with E-state index in [9.17, 15) is 24.0 Å². The summed E-state index contributed by atoms with van der Waals surface area (Å²) in [5.41, 5.74) is 0.750. The van der Waals surface area contributed by atoms with Crippen LogP contribution >= 0.6 is 0 Å². The van der Waals surface area contributed by atoms with Crippen LogP contribution in [0.15, 0.2) is 36.9 Å². The molecule has 226 valence electrons. The van der Waals surface area contributed by atoms with Crippen LogP contribution in [0.2, 0.25) is 0 Å². The number of nitrogens with zero attached hydrogens (tertiary/aromatic N) is 1. The highest BCUT2D eigenvalue weighted by atomic mass is 16.5. The summed E-state index contributed by atoms with van der Waals surface area (Å²) < 4.78 is 11.0. The molecule has 1 fully saturated rings. The molecule has 4 amide bonds. The number of Topliss-reactive ketones (excluding diaryl/α,β-unsaturated/α-hetero) is 1. The zero-order valence-corrected chi connectivity index (χ0v) is 24.4. The van der Waals surface area contributed by atoms with Gasteiger partial charge in [-0.3, -0.25) is 24.0 Å². The van der Waals surface area contributed by atoms with Crippen LogP contribution in [0.25, 0.3) is 0 Å². The minimum atomic E-state index is -0.983. The zero-order chi connectivity index (χ0) is 30.2. The van der Waals surface area contributed by atoms with E-state index in [1.165, 1.54) is 11.0 Å². The highest BCUT2D eigenvalue weighted by Gasteiger charge is 2.36. The maximum Gasteiger partial charge on any atom is 0.289 e. The molecule has 0 aliphatic carbocycles. The largest absolute Gasteiger partial charge is 0.494 e. The van der Waals surface area contributed by atoms with Crippen molar-refractivity contribution in [3.8, 4) is 5.75 Å². The molecular formula is C30H44N4O7. The van der Waals surface area contributed by atoms with Crippen LogP contribution < -0.4 is 20.7 Å². The second-order valence-corrected chi connectivity index (χ2v) is 10.1. The molecule has 11 heteroatoms. The van der Waals surface area contributed by atoms with Crippen molar-refractivity contribution in [2.45, 2.75) is 77.0 Å². The number of ether oxygens (including phenoxy) is 2. The topological polar surface area (TPSA) is 143 Å². The van der Waals surface area contributed by atoms with Crippen molar-refractivity contribution in [1.82, 2.24) is 20.9 Å². The average molecular weight is 573 g/mol. The van der Waals surface area contributed by atoms with Gasteiger partial charge in [-0.25, -0.2) is 0 Å². The quantitative estimate of drug-likeness (QED) is 0.138. The maximum absolute atomic E-state index is 13.0. The normalized spacial score (nSPS) is 15.9. The Hall–Kier alpha value is -3.73. The zero-order valence-electron chi connectivity index (χ0n) is 24.4. The van der Waals surface area contributed by atoms with E-state index in [1.807, 2.05) is 32.0 Å². The van der Waals surface area contributed by atoms with Gasteiger partial charge in [0.2, 0.25) is 23.5 Å². The lowest BCUT2D eigenvalue weighted by Crippen LogP contribution is -2.54. The predicted octanol–water partition coefficient (Wildman–Crippen LogP) is 1.69. The number of hydrogen-bond acceptors (Lipinski definition) is 7. The van der Waals surface area contributed by atoms with Crippen LogP contribution in [-0.4, -0.2) is 85.9 Å². The van der Waals surface area contributed by atoms with Crippen LogP contribution in [0.1, 0.15) is 57.9 Å². The Labute approximate surface area is 242 Å². The number of carbonyl (C=O) groups excluding carboxylic acids is 5. The molecule has 3 N–H and O–H groups in total. The summed E-state index contributed by atoms with van der Waals surface area (Å²) in [5.74, 6) is -2.07. The van der Waals surface area contributed by atoms with Crippen LogP contribution in [0.4, 0.5) is 0 Å². The Balaban J connectivity index is 1.86. The third-order valence-electron chi connectivity index (χ3n) is 6.84. The minimum Gasteiger partial charge on any atom is -0.494 e. The molecule has 1 aromatic rings. The molecular weight excluding hydrogens is 528 g/mol. The van der Waals surface area contributed by atoms with Gasteiger partial charge in [-0.2, -0.15) is 0 Å². The van der Waals surface area contributed by atoms with Gasteiger partial charge in [-0.05, 0) is 56.7 Å². The number of hydrogen-bond donors (Lipinski definition) is 3. The van der Waals surface area contributed by atoms with E-state index in [0.29, 0.717) is 44.6 Å². The SMILES string of the molecule is C=CCNC(=O)C(=O)C(CCC)NC(=O)C1CCCN1C(=O)CNC(=O)Cc1cccc(OCCCC(C)OC)c1. The number of amides is 4. The van der Waals surface area contributed by atoms with Crippen LogP contribution in [0, 0.1) is 0 Å². The number of methoxy groups -OCH3 is 1. The smallest absolute Gasteiger partial charge is 0.289 e. The van der Waals surface area contributed by atoms with E-state index in [2.05, 4.69) is 22.5 Å². The summed E-state index contributed by atoms with van der Waals surface area (Å²) in [5, 5.41) is 7.73. The van der Waals surface area contributed by atoms with Gasteiger partial charge >= 0.3 is 0 Å². The Bertz CT molecular complexity index is 1060. The lowest BCUT2D eigenvalue weighted by molar-refractivity contribution is -0.142. The molecule has 3 unspecified atom stereocenters. The highest BCUT2D eigenvalue weighted by molar-refractivity contribution is 6.38. The molecule has 1 aromatic carbocycles. The fourth-order valence-corrected chi connectivity index (χ4v) is 4.52. The molecule has 1 saturated heterocycles. The number of nitrogens with one attached hydrogen (secondary N) is 3. The van der Waals surface area contributed by atoms with Crippen molar-refractivity contribution in [2.75, 3.05) is 33.4 Å². The van der Waals surface area contributed by atoms with Gasteiger partial charge in [0, 0.05) is 20.2 Å². The second-order valence-electron chi connectivity index (χ2n) is 10.1. The van der Waals surface area contributed by atoms with Gasteiger partial charge in [0.15, 0.2) is 0 Å². The first-order valence-corrected chi connectivity index (χ1v) is 14.2. The molecule has 1 aliphatic rings. The van der Waals surface area contributed by atoms with Gasteiger partial charge in [0.25, 0.3) is 5.91 Å². The number of ketones is 1. The third kappa shape index (κ3) is 11.3. The van der Waals surface area contributed by atoms with E-state index >= 15 is 0 Å². The van der Waals surface area contributed by atoms with E-state index in [1.54, 1.807) is 13.2 Å². The minimum absolute atomic E-state index is 0.0732. The summed E-state index contributed by atoms with van der Waals surface area (Å²) in [4.78, 5) is 64.6. The Morgan fingerprint density at radius 3 is 2.66 bits per heavy atom. The second kappa shape index (κ2) is 17.9. The molecule has 2 rings (SSSR count). The van der Waals surface area contributed by atoms with Gasteiger partial charge in [0.1, 0.15) is 11.8 Å². The molecule has 0 spiro atoms. The highest BCUT2D eigenvalue weighted by Crippen LogP contribution is 2.18. The summed E-state index contributed by atoms with van der Waals surface area (Å²) in [6.45, 7) is 8.14. The molecule has 3 atom stereocenters. The van der Waals surface area contributed by atoms with E-state index in [4.69, 9.17) is 9.47 Å². The fourth-order valence-electron chi connectivity index (χ4n) is 4.52. The van der Waals surface area contributed by atoms with Crippen LogP contribution in [-0.2, 0) is 35.1 Å². The number of benzene rings is 1. The van der Waals surface area contributed by atoms with Crippen LogP contribution in [0.5, 0.6) is 5.75 Å². The number of likely N-dealkylation sites (tertiary alicyclic amines) is 1. The lowest BCUT2D eigenvalue weighted by atomic mass is 10.1. The molecule has 1 aliphatic heterocycles. The fraction of sp³-hybridized carbons (Fsp3) is 0.567. The number of carbonyl (C=O) groups is 5. The molecule has 1 heterocycles. The summed E-state index contributed by atoms with van der Waals surface area (Å²) in [6.07, 6.45) is 5.34. The van der Waals surface area contributed by atoms with Gasteiger partial charge < -0.3 is 30.3 Å². The lowest BCUT2D eigenvalue weighted by Gasteiger charge is -2.26. The van der Waals surface area contributed by atoms with Gasteiger partial charge in [-0.15, -0.1) is 6.58 Å². The molecule has 0 saturated carbocycles. The molecule has 0 bridgehead atoms. The molecule has 0 aromatic heterocycles. The average Bonchev–Trinajstić information content (AvgIpc) is 3.46. The Kier molecular flexibility index (Phi) is 14.6. The molecule has 0 radical (unpaired) electrons. The number of rotatable bonds is 18. The molecule has 41 heavy (non-hydrogen) atoms. The summed E-state index contributed by atoms with van der Waals surface area (Å²) in [7, 11) is 1.68. The van der Waals surface area contributed by atoms with Crippen molar-refractivity contribution >= 4 is 29.4 Å². The Morgan fingerprint density at radius 2 is 1.95 bits per heavy atom. The van der Waals surface area contributed by atoms with E-state index in [-0.39, 0.29) is 37.4 Å². The third-order valence-corrected chi connectivity index (χ3v) is 6.84.